The van der Waals surface area contributed by atoms with E-state index in [9.17, 15) is 4.39 Å². The molecule has 82 valence electrons. The minimum Gasteiger partial charge on any atom is -0.325 e. The summed E-state index contributed by atoms with van der Waals surface area (Å²) in [5.41, 5.74) is 6.66. The Balaban J connectivity index is 2.51. The lowest BCUT2D eigenvalue weighted by atomic mass is 10.1. The molecule has 0 atom stereocenters. The summed E-state index contributed by atoms with van der Waals surface area (Å²) in [4.78, 5) is 7.73. The minimum absolute atomic E-state index is 0.0751. The van der Waals surface area contributed by atoms with Gasteiger partial charge in [0.15, 0.2) is 5.82 Å². The summed E-state index contributed by atoms with van der Waals surface area (Å²) < 4.78 is 14.9. The zero-order chi connectivity index (χ0) is 11.5. The number of aromatic nitrogens is 2. The molecule has 1 aromatic carbocycles. The zero-order valence-corrected chi connectivity index (χ0v) is 10.5. The summed E-state index contributed by atoms with van der Waals surface area (Å²) in [6.07, 6.45) is 1.33. The summed E-state index contributed by atoms with van der Waals surface area (Å²) in [6, 6.07) is 7.46. The molecule has 1 heterocycles. The van der Waals surface area contributed by atoms with Crippen molar-refractivity contribution in [1.82, 2.24) is 9.97 Å². The lowest BCUT2D eigenvalue weighted by molar-refractivity contribution is 0.596. The van der Waals surface area contributed by atoms with E-state index in [0.29, 0.717) is 5.69 Å². The highest BCUT2D eigenvalue weighted by molar-refractivity contribution is 14.1. The van der Waals surface area contributed by atoms with Crippen molar-refractivity contribution in [2.75, 3.05) is 0 Å². The van der Waals surface area contributed by atoms with Crippen molar-refractivity contribution in [1.29, 1.82) is 0 Å². The van der Waals surface area contributed by atoms with E-state index in [2.05, 4.69) is 32.6 Å². The molecule has 0 aliphatic heterocycles. The van der Waals surface area contributed by atoms with Crippen molar-refractivity contribution >= 4 is 22.6 Å². The number of rotatable bonds is 2. The van der Waals surface area contributed by atoms with Crippen molar-refractivity contribution in [2.24, 2.45) is 5.73 Å². The second-order valence-electron chi connectivity index (χ2n) is 3.19. The van der Waals surface area contributed by atoms with Gasteiger partial charge in [-0.05, 0) is 34.7 Å². The number of benzene rings is 1. The van der Waals surface area contributed by atoms with Gasteiger partial charge in [-0.3, -0.25) is 0 Å². The van der Waals surface area contributed by atoms with Crippen LogP contribution in [0.15, 0.2) is 30.6 Å². The molecular formula is C11H9FIN3. The van der Waals surface area contributed by atoms with E-state index < -0.39 is 5.82 Å². The van der Waals surface area contributed by atoms with Gasteiger partial charge in [0.05, 0.1) is 5.69 Å². The average Bonchev–Trinajstić information content (AvgIpc) is 2.31. The van der Waals surface area contributed by atoms with E-state index in [1.54, 1.807) is 0 Å². The highest BCUT2D eigenvalue weighted by Gasteiger charge is 2.11. The van der Waals surface area contributed by atoms with Crippen LogP contribution in [0.5, 0.6) is 0 Å². The first-order chi connectivity index (χ1) is 7.72. The van der Waals surface area contributed by atoms with E-state index in [1.165, 1.54) is 6.33 Å². The molecule has 0 spiro atoms. The van der Waals surface area contributed by atoms with Gasteiger partial charge in [0.2, 0.25) is 0 Å². The van der Waals surface area contributed by atoms with Gasteiger partial charge >= 0.3 is 0 Å². The monoisotopic (exact) mass is 329 g/mol. The van der Waals surface area contributed by atoms with Crippen LogP contribution in [0.2, 0.25) is 0 Å². The molecular weight excluding hydrogens is 320 g/mol. The molecule has 0 unspecified atom stereocenters. The van der Waals surface area contributed by atoms with Gasteiger partial charge in [-0.2, -0.15) is 0 Å². The number of halogens is 2. The van der Waals surface area contributed by atoms with E-state index in [-0.39, 0.29) is 12.2 Å². The largest absolute Gasteiger partial charge is 0.325 e. The molecule has 2 rings (SSSR count). The van der Waals surface area contributed by atoms with Crippen LogP contribution in [-0.2, 0) is 6.54 Å². The fraction of sp³-hybridized carbons (Fsp3) is 0.0909. The first-order valence-electron chi connectivity index (χ1n) is 4.67. The topological polar surface area (TPSA) is 51.8 Å². The maximum absolute atomic E-state index is 13.9. The molecule has 0 saturated heterocycles. The van der Waals surface area contributed by atoms with Crippen LogP contribution in [0, 0.1) is 9.39 Å². The van der Waals surface area contributed by atoms with E-state index >= 15 is 0 Å². The highest BCUT2D eigenvalue weighted by atomic mass is 127. The van der Waals surface area contributed by atoms with Crippen LogP contribution in [0.25, 0.3) is 11.3 Å². The normalized spacial score (nSPS) is 10.4. The second kappa shape index (κ2) is 4.84. The maximum Gasteiger partial charge on any atom is 0.172 e. The third-order valence-electron chi connectivity index (χ3n) is 2.17. The SMILES string of the molecule is NCc1ncnc(-c2ccc(I)cc2)c1F. The molecule has 0 aliphatic carbocycles. The quantitative estimate of drug-likeness (QED) is 0.861. The Kier molecular flexibility index (Phi) is 3.45. The minimum atomic E-state index is -0.439. The van der Waals surface area contributed by atoms with Crippen LogP contribution < -0.4 is 5.73 Å². The molecule has 2 aromatic rings. The summed E-state index contributed by atoms with van der Waals surface area (Å²) in [6.45, 7) is 0.0751. The van der Waals surface area contributed by atoms with Crippen LogP contribution in [0.4, 0.5) is 4.39 Å². The number of nitrogens with two attached hydrogens (primary N) is 1. The van der Waals surface area contributed by atoms with E-state index in [1.807, 2.05) is 24.3 Å². The number of hydrogen-bond donors (Lipinski definition) is 1. The van der Waals surface area contributed by atoms with Gasteiger partial charge in [-0.15, -0.1) is 0 Å². The van der Waals surface area contributed by atoms with Crippen LogP contribution in [-0.4, -0.2) is 9.97 Å². The van der Waals surface area contributed by atoms with Gasteiger partial charge in [0.1, 0.15) is 12.0 Å². The predicted molar refractivity (Wildman–Crippen MR) is 68.0 cm³/mol. The molecule has 0 saturated carbocycles. The van der Waals surface area contributed by atoms with Crippen LogP contribution in [0.3, 0.4) is 0 Å². The molecule has 2 N–H and O–H groups in total. The Hall–Kier alpha value is -1.08. The fourth-order valence-electron chi connectivity index (χ4n) is 1.36. The second-order valence-corrected chi connectivity index (χ2v) is 4.44. The standard InChI is InChI=1S/C11H9FIN3/c12-10-9(5-14)15-6-16-11(10)7-1-3-8(13)4-2-7/h1-4,6H,5,14H2. The van der Waals surface area contributed by atoms with Gasteiger partial charge in [-0.1, -0.05) is 12.1 Å². The summed E-state index contributed by atoms with van der Waals surface area (Å²) in [5.74, 6) is -0.439. The zero-order valence-electron chi connectivity index (χ0n) is 8.32. The van der Waals surface area contributed by atoms with Crippen molar-refractivity contribution in [3.63, 3.8) is 0 Å². The summed E-state index contributed by atoms with van der Waals surface area (Å²) in [5, 5.41) is 0. The Morgan fingerprint density at radius 3 is 2.50 bits per heavy atom. The highest BCUT2D eigenvalue weighted by Crippen LogP contribution is 2.22. The molecule has 0 bridgehead atoms. The molecule has 3 nitrogen and oxygen atoms in total. The molecule has 0 fully saturated rings. The van der Waals surface area contributed by atoms with Crippen LogP contribution >= 0.6 is 22.6 Å². The predicted octanol–water partition coefficient (Wildman–Crippen LogP) is 2.35. The van der Waals surface area contributed by atoms with Crippen molar-refractivity contribution in [2.45, 2.75) is 6.54 Å². The molecule has 0 aliphatic rings. The molecule has 5 heteroatoms. The van der Waals surface area contributed by atoms with Crippen molar-refractivity contribution in [3.05, 3.63) is 45.7 Å². The molecule has 16 heavy (non-hydrogen) atoms. The maximum atomic E-state index is 13.9. The molecule has 0 amide bonds. The van der Waals surface area contributed by atoms with E-state index in [4.69, 9.17) is 5.73 Å². The van der Waals surface area contributed by atoms with E-state index in [0.717, 1.165) is 9.13 Å². The third-order valence-corrected chi connectivity index (χ3v) is 2.89. The van der Waals surface area contributed by atoms with Gasteiger partial charge in [0, 0.05) is 15.7 Å². The lowest BCUT2D eigenvalue weighted by Crippen LogP contribution is -2.05. The number of nitrogens with zero attached hydrogens (tertiary/aromatic N) is 2. The first-order valence-corrected chi connectivity index (χ1v) is 5.75. The fourth-order valence-corrected chi connectivity index (χ4v) is 1.72. The Labute approximate surface area is 106 Å². The van der Waals surface area contributed by atoms with Gasteiger partial charge in [-0.25, -0.2) is 14.4 Å². The Bertz CT molecular complexity index is 499. The van der Waals surface area contributed by atoms with Crippen molar-refractivity contribution in [3.8, 4) is 11.3 Å². The summed E-state index contributed by atoms with van der Waals surface area (Å²) in [7, 11) is 0. The Morgan fingerprint density at radius 1 is 1.19 bits per heavy atom. The third kappa shape index (κ3) is 2.19. The molecule has 1 aromatic heterocycles. The molecule has 0 radical (unpaired) electrons. The smallest absolute Gasteiger partial charge is 0.172 e. The van der Waals surface area contributed by atoms with Gasteiger partial charge < -0.3 is 5.73 Å². The average molecular weight is 329 g/mol. The Morgan fingerprint density at radius 2 is 1.88 bits per heavy atom. The first kappa shape index (κ1) is 11.4. The van der Waals surface area contributed by atoms with Gasteiger partial charge in [0.25, 0.3) is 0 Å². The lowest BCUT2D eigenvalue weighted by Gasteiger charge is -2.05. The van der Waals surface area contributed by atoms with Crippen molar-refractivity contribution < 1.29 is 4.39 Å². The number of hydrogen-bond acceptors (Lipinski definition) is 3. The summed E-state index contributed by atoms with van der Waals surface area (Å²) >= 11 is 2.19. The van der Waals surface area contributed by atoms with Crippen LogP contribution in [0.1, 0.15) is 5.69 Å².